The van der Waals surface area contributed by atoms with Crippen LogP contribution in [0.1, 0.15) is 155 Å². The van der Waals surface area contributed by atoms with Crippen LogP contribution >= 0.6 is 7.82 Å². The predicted molar refractivity (Wildman–Crippen MR) is 197 cm³/mol. The molecule has 0 aliphatic heterocycles. The summed E-state index contributed by atoms with van der Waals surface area (Å²) < 4.78 is 34.0. The third-order valence-electron chi connectivity index (χ3n) is 7.98. The van der Waals surface area contributed by atoms with Crippen LogP contribution in [0, 0.1) is 0 Å². The summed E-state index contributed by atoms with van der Waals surface area (Å²) in [5, 5.41) is 0. The Morgan fingerprint density at radius 3 is 1.67 bits per heavy atom. The zero-order chi connectivity index (χ0) is 35.8. The lowest BCUT2D eigenvalue weighted by Gasteiger charge is -2.24. The van der Waals surface area contributed by atoms with Crippen LogP contribution in [0.25, 0.3) is 0 Å². The smallest absolute Gasteiger partial charge is 0.462 e. The summed E-state index contributed by atoms with van der Waals surface area (Å²) in [6.45, 7) is 4.31. The molecule has 2 unspecified atom stereocenters. The van der Waals surface area contributed by atoms with E-state index in [1.807, 2.05) is 21.1 Å². The molecule has 0 rings (SSSR count). The van der Waals surface area contributed by atoms with E-state index in [0.717, 1.165) is 57.8 Å². The van der Waals surface area contributed by atoms with Crippen LogP contribution < -0.4 is 0 Å². The van der Waals surface area contributed by atoms with E-state index in [4.69, 9.17) is 18.5 Å². The molecule has 0 aliphatic rings. The summed E-state index contributed by atoms with van der Waals surface area (Å²) in [5.74, 6) is -0.818. The third-order valence-corrected chi connectivity index (χ3v) is 8.97. The number of carbonyl (C=O) groups is 2. The van der Waals surface area contributed by atoms with Gasteiger partial charge in [-0.25, -0.2) is 4.57 Å². The van der Waals surface area contributed by atoms with Crippen LogP contribution in [-0.4, -0.2) is 74.9 Å². The highest BCUT2D eigenvalue weighted by atomic mass is 31.2. The molecule has 9 nitrogen and oxygen atoms in total. The number of hydrogen-bond acceptors (Lipinski definition) is 7. The fraction of sp³-hybridized carbons (Fsp3) is 0.842. The summed E-state index contributed by atoms with van der Waals surface area (Å²) in [5.41, 5.74) is 0. The van der Waals surface area contributed by atoms with E-state index < -0.39 is 26.5 Å². The summed E-state index contributed by atoms with van der Waals surface area (Å²) in [6.07, 6.45) is 31.1. The summed E-state index contributed by atoms with van der Waals surface area (Å²) in [7, 11) is 1.47. The largest absolute Gasteiger partial charge is 0.472 e. The molecular formula is C38H73NO8P+. The second-order valence-electron chi connectivity index (χ2n) is 14.0. The zero-order valence-electron chi connectivity index (χ0n) is 31.5. The van der Waals surface area contributed by atoms with Crippen molar-refractivity contribution in [3.8, 4) is 0 Å². The molecule has 0 fully saturated rings. The van der Waals surface area contributed by atoms with Gasteiger partial charge in [0, 0.05) is 12.8 Å². The van der Waals surface area contributed by atoms with Gasteiger partial charge in [0.15, 0.2) is 6.10 Å². The molecule has 1 N–H and O–H groups in total. The number of rotatable bonds is 34. The number of nitrogens with zero attached hydrogens (tertiary/aromatic N) is 1. The Labute approximate surface area is 294 Å². The van der Waals surface area contributed by atoms with Gasteiger partial charge in [0.05, 0.1) is 27.7 Å². The predicted octanol–water partition coefficient (Wildman–Crippen LogP) is 10.0. The van der Waals surface area contributed by atoms with Gasteiger partial charge in [0.1, 0.15) is 19.8 Å². The van der Waals surface area contributed by atoms with Crippen molar-refractivity contribution < 1.29 is 42.1 Å². The number of carbonyl (C=O) groups excluding carboxylic acids is 2. The van der Waals surface area contributed by atoms with Crippen LogP contribution in [0.15, 0.2) is 24.3 Å². The maximum absolute atomic E-state index is 12.6. The minimum atomic E-state index is -4.36. The molecule has 10 heteroatoms. The molecule has 2 atom stereocenters. The standard InChI is InChI=1S/C38H72NO8P/c1-6-8-10-12-14-15-16-17-18-19-20-21-22-23-24-25-27-29-31-38(41)47-36(34-44-37(40)30-28-26-13-11-9-7-2)35-46-48(42,43)45-33-32-39(3,4)5/h15-16,18-19,36H,6-14,17,20-35H2,1-5H3/p+1/b16-15-,19-18-. The van der Waals surface area contributed by atoms with Crippen molar-refractivity contribution in [2.24, 2.45) is 0 Å². The Balaban J connectivity index is 4.32. The lowest BCUT2D eigenvalue weighted by molar-refractivity contribution is -0.870. The van der Waals surface area contributed by atoms with Gasteiger partial charge in [0.25, 0.3) is 0 Å². The van der Waals surface area contributed by atoms with Gasteiger partial charge in [-0.2, -0.15) is 0 Å². The summed E-state index contributed by atoms with van der Waals surface area (Å²) in [4.78, 5) is 35.0. The first-order chi connectivity index (χ1) is 23.0. The normalized spacial score (nSPS) is 14.0. The number of ether oxygens (including phenoxy) is 2. The average molecular weight is 703 g/mol. The first-order valence-corrected chi connectivity index (χ1v) is 20.6. The molecule has 0 aliphatic carbocycles. The van der Waals surface area contributed by atoms with E-state index in [0.29, 0.717) is 17.4 Å². The van der Waals surface area contributed by atoms with Crippen LogP contribution in [0.5, 0.6) is 0 Å². The average Bonchev–Trinajstić information content (AvgIpc) is 3.02. The first kappa shape index (κ1) is 46.5. The van der Waals surface area contributed by atoms with Gasteiger partial charge in [0.2, 0.25) is 0 Å². The first-order valence-electron chi connectivity index (χ1n) is 19.1. The number of hydrogen-bond donors (Lipinski definition) is 1. The Kier molecular flexibility index (Phi) is 30.5. The number of likely N-dealkylation sites (N-methyl/N-ethyl adjacent to an activating group) is 1. The maximum Gasteiger partial charge on any atom is 0.472 e. The van der Waals surface area contributed by atoms with Gasteiger partial charge >= 0.3 is 19.8 Å². The van der Waals surface area contributed by atoms with Gasteiger partial charge in [-0.05, 0) is 44.9 Å². The highest BCUT2D eigenvalue weighted by Crippen LogP contribution is 2.43. The molecule has 0 aromatic heterocycles. The highest BCUT2D eigenvalue weighted by molar-refractivity contribution is 7.47. The van der Waals surface area contributed by atoms with E-state index in [-0.39, 0.29) is 32.0 Å². The van der Waals surface area contributed by atoms with Crippen LogP contribution in [0.2, 0.25) is 0 Å². The fourth-order valence-electron chi connectivity index (χ4n) is 4.92. The molecule has 0 radical (unpaired) electrons. The van der Waals surface area contributed by atoms with Crippen molar-refractivity contribution in [3.05, 3.63) is 24.3 Å². The molecule has 0 aromatic carbocycles. The van der Waals surface area contributed by atoms with Crippen molar-refractivity contribution in [2.45, 2.75) is 161 Å². The second-order valence-corrected chi connectivity index (χ2v) is 15.4. The lowest BCUT2D eigenvalue weighted by Crippen LogP contribution is -2.37. The van der Waals surface area contributed by atoms with E-state index in [1.165, 1.54) is 64.2 Å². The van der Waals surface area contributed by atoms with Gasteiger partial charge in [-0.3, -0.25) is 18.6 Å². The Morgan fingerprint density at radius 2 is 1.12 bits per heavy atom. The van der Waals surface area contributed by atoms with E-state index >= 15 is 0 Å². The van der Waals surface area contributed by atoms with E-state index in [1.54, 1.807) is 0 Å². The Bertz CT molecular complexity index is 886. The van der Waals surface area contributed by atoms with Gasteiger partial charge in [-0.15, -0.1) is 0 Å². The van der Waals surface area contributed by atoms with Crippen molar-refractivity contribution in [3.63, 3.8) is 0 Å². The van der Waals surface area contributed by atoms with Crippen LogP contribution in [0.3, 0.4) is 0 Å². The molecule has 0 saturated carbocycles. The number of esters is 2. The van der Waals surface area contributed by atoms with Crippen LogP contribution in [0.4, 0.5) is 0 Å². The number of unbranched alkanes of at least 4 members (excludes halogenated alkanes) is 16. The SMILES string of the molecule is CCCCCC/C=C\C/C=C\CCCCCCCCCC(=O)OC(COC(=O)CCCCCCCC)COP(=O)(O)OCC[N+](C)(C)C. The molecule has 282 valence electrons. The molecule has 0 amide bonds. The quantitative estimate of drug-likeness (QED) is 0.0232. The van der Waals surface area contributed by atoms with Gasteiger partial charge < -0.3 is 18.9 Å². The third kappa shape index (κ3) is 34.4. The topological polar surface area (TPSA) is 108 Å². The zero-order valence-corrected chi connectivity index (χ0v) is 32.4. The Morgan fingerprint density at radius 1 is 0.646 bits per heavy atom. The van der Waals surface area contributed by atoms with Crippen molar-refractivity contribution >= 4 is 19.8 Å². The maximum atomic E-state index is 12.6. The van der Waals surface area contributed by atoms with Crippen molar-refractivity contribution in [1.29, 1.82) is 0 Å². The second kappa shape index (κ2) is 31.5. The van der Waals surface area contributed by atoms with Crippen molar-refractivity contribution in [2.75, 3.05) is 47.5 Å². The molecule has 48 heavy (non-hydrogen) atoms. The van der Waals surface area contributed by atoms with E-state index in [2.05, 4.69) is 38.2 Å². The molecule has 0 bridgehead atoms. The summed E-state index contributed by atoms with van der Waals surface area (Å²) >= 11 is 0. The molecule has 0 heterocycles. The minimum Gasteiger partial charge on any atom is -0.462 e. The fourth-order valence-corrected chi connectivity index (χ4v) is 5.67. The van der Waals surface area contributed by atoms with Gasteiger partial charge in [-0.1, -0.05) is 122 Å². The number of allylic oxidation sites excluding steroid dienone is 4. The van der Waals surface area contributed by atoms with Crippen molar-refractivity contribution in [1.82, 2.24) is 0 Å². The molecule has 0 spiro atoms. The Hall–Kier alpha value is -1.51. The van der Waals surface area contributed by atoms with E-state index in [9.17, 15) is 19.0 Å². The number of quaternary nitrogens is 1. The highest BCUT2D eigenvalue weighted by Gasteiger charge is 2.27. The number of phosphoric ester groups is 1. The molecule has 0 saturated heterocycles. The van der Waals surface area contributed by atoms with Crippen LogP contribution in [-0.2, 0) is 32.7 Å². The molecular weight excluding hydrogens is 629 g/mol. The molecule has 0 aromatic rings. The lowest BCUT2D eigenvalue weighted by atomic mass is 10.1. The summed E-state index contributed by atoms with van der Waals surface area (Å²) in [6, 6.07) is 0. The monoisotopic (exact) mass is 703 g/mol. The minimum absolute atomic E-state index is 0.0309. The number of phosphoric acid groups is 1.